The second-order valence-corrected chi connectivity index (χ2v) is 11.4. The van der Waals surface area contributed by atoms with Crippen LogP contribution in [0.3, 0.4) is 0 Å². The summed E-state index contributed by atoms with van der Waals surface area (Å²) in [4.78, 5) is 36.9. The number of carbonyl (C=O) groups is 2. The van der Waals surface area contributed by atoms with Crippen molar-refractivity contribution in [1.29, 1.82) is 0 Å². The fraction of sp³-hybridized carbons (Fsp3) is 0.318. The molecule has 10 nitrogen and oxygen atoms in total. The minimum absolute atomic E-state index is 0.0411. The Balaban J connectivity index is 1.59. The minimum atomic E-state index is -0.430. The van der Waals surface area contributed by atoms with Crippen molar-refractivity contribution >= 4 is 73.9 Å². The number of anilines is 4. The van der Waals surface area contributed by atoms with Crippen LogP contribution in [0.15, 0.2) is 30.5 Å². The summed E-state index contributed by atoms with van der Waals surface area (Å²) in [5.74, 6) is 1.71. The van der Waals surface area contributed by atoms with E-state index in [2.05, 4.69) is 51.6 Å². The number of hydrogen-bond acceptors (Lipinski definition) is 7. The van der Waals surface area contributed by atoms with Gasteiger partial charge in [-0.25, -0.2) is 14.6 Å². The van der Waals surface area contributed by atoms with Gasteiger partial charge >= 0.3 is 0 Å². The lowest BCUT2D eigenvalue weighted by molar-refractivity contribution is -0.117. The Morgan fingerprint density at radius 1 is 1.16 bits per heavy atom. The highest BCUT2D eigenvalue weighted by Gasteiger charge is 2.39. The highest BCUT2D eigenvalue weighted by Crippen LogP contribution is 2.43. The lowest BCUT2D eigenvalue weighted by atomic mass is 9.49. The highest BCUT2D eigenvalue weighted by molar-refractivity contribution is 6.60. The molecule has 0 spiro atoms. The van der Waals surface area contributed by atoms with Crippen molar-refractivity contribution in [3.05, 3.63) is 47.7 Å². The van der Waals surface area contributed by atoms with Crippen LogP contribution in [0.1, 0.15) is 34.8 Å². The van der Waals surface area contributed by atoms with Crippen LogP contribution in [-0.2, 0) is 10.1 Å². The predicted octanol–water partition coefficient (Wildman–Crippen LogP) is -2.87. The third kappa shape index (κ3) is 4.74. The molecular formula is C22H29B5N8O2. The van der Waals surface area contributed by atoms with Gasteiger partial charge in [-0.1, -0.05) is 6.07 Å². The van der Waals surface area contributed by atoms with E-state index < -0.39 is 10.6 Å². The van der Waals surface area contributed by atoms with E-state index in [0.29, 0.717) is 22.9 Å². The Labute approximate surface area is 220 Å². The Kier molecular flexibility index (Phi) is 5.92. The number of aromatic nitrogens is 4. The smallest absolute Gasteiger partial charge is 0.253 e. The molecule has 1 aliphatic heterocycles. The molecule has 3 aromatic rings. The summed E-state index contributed by atoms with van der Waals surface area (Å²) < 4.78 is 1.89. The molecule has 1 fully saturated rings. The average molecular weight is 492 g/mol. The molecule has 2 aliphatic rings. The fourth-order valence-corrected chi connectivity index (χ4v) is 4.50. The number of benzene rings is 1. The van der Waals surface area contributed by atoms with E-state index >= 15 is 0 Å². The van der Waals surface area contributed by atoms with Gasteiger partial charge in [-0.3, -0.25) is 9.59 Å². The number of para-hydroxylation sites is 1. The molecule has 1 aromatic carbocycles. The third-order valence-electron chi connectivity index (χ3n) is 6.78. The summed E-state index contributed by atoms with van der Waals surface area (Å²) in [5, 5.41) is 13.2. The molecule has 3 heterocycles. The van der Waals surface area contributed by atoms with Gasteiger partial charge in [0.1, 0.15) is 56.7 Å². The van der Waals surface area contributed by atoms with Gasteiger partial charge in [0, 0.05) is 30.6 Å². The monoisotopic (exact) mass is 492 g/mol. The maximum Gasteiger partial charge on any atom is 0.253 e. The topological polar surface area (TPSA) is 117 Å². The van der Waals surface area contributed by atoms with E-state index in [1.165, 1.54) is 6.20 Å². The van der Waals surface area contributed by atoms with Crippen LogP contribution < -0.4 is 20.9 Å². The van der Waals surface area contributed by atoms with Crippen molar-refractivity contribution in [2.24, 2.45) is 5.92 Å². The van der Waals surface area contributed by atoms with E-state index in [9.17, 15) is 9.59 Å². The quantitative estimate of drug-likeness (QED) is 0.318. The standard InChI is InChI=1S/C22H29B5N8O2/c1-10-29-20-21(23,24)34(2)17-13(4-3-5-15(17)35(20)33-10)30-14-8-16(31-18(36)11-6-7-11)28-9-12(14)19(37)32-22(25,26)27/h3-5,8-9,11H,6-7,23-27H2,1-2H3,(H,32,37)(H2,28,30,31,36). The molecule has 1 aliphatic carbocycles. The summed E-state index contributed by atoms with van der Waals surface area (Å²) in [6, 6.07) is 7.63. The van der Waals surface area contributed by atoms with E-state index in [-0.39, 0.29) is 17.7 Å². The van der Waals surface area contributed by atoms with Crippen LogP contribution in [0.5, 0.6) is 0 Å². The van der Waals surface area contributed by atoms with Crippen LogP contribution in [0, 0.1) is 12.8 Å². The Bertz CT molecular complexity index is 1420. The zero-order valence-corrected chi connectivity index (χ0v) is 22.4. The first-order valence-corrected chi connectivity index (χ1v) is 12.6. The van der Waals surface area contributed by atoms with Crippen molar-refractivity contribution < 1.29 is 9.59 Å². The molecular weight excluding hydrogens is 462 g/mol. The largest absolute Gasteiger partial charge is 0.374 e. The van der Waals surface area contributed by atoms with Gasteiger partial charge in [0.05, 0.1) is 28.3 Å². The number of carbonyl (C=O) groups excluding carboxylic acids is 2. The van der Waals surface area contributed by atoms with Crippen molar-refractivity contribution in [2.75, 3.05) is 22.6 Å². The number of hydrogen-bond donors (Lipinski definition) is 3. The van der Waals surface area contributed by atoms with Crippen molar-refractivity contribution in [1.82, 2.24) is 25.1 Å². The van der Waals surface area contributed by atoms with Gasteiger partial charge in [-0.05, 0) is 37.1 Å². The van der Waals surface area contributed by atoms with E-state index in [1.54, 1.807) is 6.07 Å². The molecule has 3 N–H and O–H groups in total. The van der Waals surface area contributed by atoms with Crippen LogP contribution in [-0.4, -0.2) is 83.1 Å². The number of nitrogens with one attached hydrogen (secondary N) is 3. The number of nitrogens with zero attached hydrogens (tertiary/aromatic N) is 5. The SMILES string of the molecule is BC(B)(B)NC(=O)c1cnc(NC(=O)C2CC2)cc1Nc1cccc2c1N(C)C(B)(B)c1nc(C)nn1-2. The normalized spacial score (nSPS) is 15.9. The summed E-state index contributed by atoms with van der Waals surface area (Å²) in [7, 11) is 12.0. The van der Waals surface area contributed by atoms with Crippen molar-refractivity contribution in [3.63, 3.8) is 0 Å². The molecule has 1 saturated carbocycles. The molecule has 5 rings (SSSR count). The number of amides is 2. The third-order valence-corrected chi connectivity index (χ3v) is 6.78. The Morgan fingerprint density at radius 2 is 1.89 bits per heavy atom. The number of aryl methyl sites for hydroxylation is 1. The Morgan fingerprint density at radius 3 is 2.57 bits per heavy atom. The first-order chi connectivity index (χ1) is 17.3. The minimum Gasteiger partial charge on any atom is -0.374 e. The summed E-state index contributed by atoms with van der Waals surface area (Å²) in [5.41, 5.74) is 3.53. The molecule has 15 heteroatoms. The van der Waals surface area contributed by atoms with Gasteiger partial charge < -0.3 is 20.9 Å². The second-order valence-electron chi connectivity index (χ2n) is 11.4. The summed E-state index contributed by atoms with van der Waals surface area (Å²) >= 11 is 0. The second kappa shape index (κ2) is 8.74. The first-order valence-electron chi connectivity index (χ1n) is 12.6. The maximum absolute atomic E-state index is 13.2. The average Bonchev–Trinajstić information content (AvgIpc) is 3.58. The van der Waals surface area contributed by atoms with E-state index in [0.717, 1.165) is 35.7 Å². The molecule has 184 valence electrons. The predicted molar refractivity (Wildman–Crippen MR) is 158 cm³/mol. The molecule has 37 heavy (non-hydrogen) atoms. The molecule has 0 atom stereocenters. The van der Waals surface area contributed by atoms with Gasteiger partial charge in [0.15, 0.2) is 0 Å². The fourth-order valence-electron chi connectivity index (χ4n) is 4.50. The molecule has 0 saturated heterocycles. The zero-order chi connectivity index (χ0) is 26.7. The summed E-state index contributed by atoms with van der Waals surface area (Å²) in [6.07, 6.45) is 3.30. The Hall–Kier alpha value is -3.63. The van der Waals surface area contributed by atoms with Crippen LogP contribution in [0.25, 0.3) is 5.69 Å². The van der Waals surface area contributed by atoms with Crippen molar-refractivity contribution in [2.45, 2.75) is 30.3 Å². The van der Waals surface area contributed by atoms with Gasteiger partial charge in [0.25, 0.3) is 5.91 Å². The van der Waals surface area contributed by atoms with E-state index in [1.807, 2.05) is 60.4 Å². The maximum atomic E-state index is 13.2. The molecule has 2 amide bonds. The van der Waals surface area contributed by atoms with Crippen molar-refractivity contribution in [3.8, 4) is 5.69 Å². The zero-order valence-electron chi connectivity index (χ0n) is 22.4. The first kappa shape index (κ1) is 25.0. The van der Waals surface area contributed by atoms with Gasteiger partial charge in [0.2, 0.25) is 5.91 Å². The number of rotatable bonds is 6. The van der Waals surface area contributed by atoms with Crippen LogP contribution in [0.4, 0.5) is 22.9 Å². The number of pyridine rings is 1. The number of fused-ring (bicyclic) bond motifs is 3. The van der Waals surface area contributed by atoms with E-state index in [4.69, 9.17) is 0 Å². The highest BCUT2D eigenvalue weighted by atomic mass is 16.2. The lowest BCUT2D eigenvalue weighted by Gasteiger charge is -2.43. The van der Waals surface area contributed by atoms with Gasteiger partial charge in [-0.2, -0.15) is 5.10 Å². The molecule has 2 aromatic heterocycles. The lowest BCUT2D eigenvalue weighted by Crippen LogP contribution is -2.50. The van der Waals surface area contributed by atoms with Crippen LogP contribution in [0.2, 0.25) is 0 Å². The molecule has 0 radical (unpaired) electrons. The van der Waals surface area contributed by atoms with Gasteiger partial charge in [-0.15, -0.1) is 0 Å². The summed E-state index contributed by atoms with van der Waals surface area (Å²) in [6.45, 7) is 1.89. The molecule has 0 unspecified atom stereocenters. The molecule has 0 bridgehead atoms. The van der Waals surface area contributed by atoms with Crippen LogP contribution >= 0.6 is 0 Å².